The molecule has 0 bridgehead atoms. The van der Waals surface area contributed by atoms with Gasteiger partial charge in [-0.2, -0.15) is 5.10 Å². The number of H-pyrrole nitrogens is 1. The number of imide groups is 1. The molecule has 1 fully saturated rings. The molecule has 0 radical (unpaired) electrons. The monoisotopic (exact) mass is 394 g/mol. The summed E-state index contributed by atoms with van der Waals surface area (Å²) >= 11 is 0. The van der Waals surface area contributed by atoms with Gasteiger partial charge >= 0.3 is 0 Å². The molecular formula is C20H22N6O3. The van der Waals surface area contributed by atoms with Crippen LogP contribution in [0, 0.1) is 0 Å². The van der Waals surface area contributed by atoms with Gasteiger partial charge in [0, 0.05) is 55.8 Å². The number of anilines is 1. The summed E-state index contributed by atoms with van der Waals surface area (Å²) in [7, 11) is 0. The Balaban J connectivity index is 1.30. The third kappa shape index (κ3) is 3.17. The second kappa shape index (κ2) is 7.00. The van der Waals surface area contributed by atoms with E-state index in [0.717, 1.165) is 47.7 Å². The number of carbonyl (C=O) groups is 3. The Hall–Kier alpha value is -3.20. The van der Waals surface area contributed by atoms with E-state index in [4.69, 9.17) is 0 Å². The van der Waals surface area contributed by atoms with Gasteiger partial charge in [0.25, 0.3) is 5.91 Å². The van der Waals surface area contributed by atoms with Gasteiger partial charge in [-0.1, -0.05) is 12.1 Å². The summed E-state index contributed by atoms with van der Waals surface area (Å²) in [5, 5.41) is 16.5. The molecule has 9 heteroatoms. The summed E-state index contributed by atoms with van der Waals surface area (Å²) in [6.45, 7) is 2.69. The Bertz CT molecular complexity index is 1010. The number of rotatable bonds is 4. The van der Waals surface area contributed by atoms with Crippen LogP contribution < -0.4 is 16.0 Å². The molecule has 4 N–H and O–H groups in total. The van der Waals surface area contributed by atoms with Crippen molar-refractivity contribution in [3.05, 3.63) is 46.1 Å². The van der Waals surface area contributed by atoms with Crippen LogP contribution in [-0.2, 0) is 35.6 Å². The number of hydrogen-bond donors (Lipinski definition) is 4. The number of nitrogens with zero attached hydrogens (tertiary/aromatic N) is 2. The SMILES string of the molecule is O=C1CCC(N2Cc3ccc(CNc4n[nH]c5c4CNCC5)cc3C2=O)C(=O)N1. The molecule has 0 saturated carbocycles. The predicted octanol–water partition coefficient (Wildman–Crippen LogP) is 0.429. The van der Waals surface area contributed by atoms with E-state index in [-0.39, 0.29) is 24.1 Å². The molecule has 3 aliphatic heterocycles. The standard InChI is InChI=1S/C20H22N6O3/c27-17-4-3-16(19(28)23-17)26-10-12-2-1-11(7-13(12)20(26)29)8-22-18-14-9-21-6-5-15(14)24-25-18/h1-2,7,16,21H,3-6,8-10H2,(H2,22,24,25)(H,23,27,28). The fraction of sp³-hybridized carbons (Fsp3) is 0.400. The number of carbonyl (C=O) groups excluding carboxylic acids is 3. The van der Waals surface area contributed by atoms with Crippen molar-refractivity contribution in [3.8, 4) is 0 Å². The number of piperidine rings is 1. The highest BCUT2D eigenvalue weighted by molar-refractivity contribution is 6.05. The average Bonchev–Trinajstić information content (AvgIpc) is 3.28. The van der Waals surface area contributed by atoms with Crippen LogP contribution in [0.2, 0.25) is 0 Å². The summed E-state index contributed by atoms with van der Waals surface area (Å²) in [4.78, 5) is 38.0. The molecule has 1 aromatic heterocycles. The zero-order chi connectivity index (χ0) is 20.0. The van der Waals surface area contributed by atoms with E-state index in [1.807, 2.05) is 18.2 Å². The highest BCUT2D eigenvalue weighted by atomic mass is 16.2. The van der Waals surface area contributed by atoms with Crippen molar-refractivity contribution in [2.75, 3.05) is 11.9 Å². The summed E-state index contributed by atoms with van der Waals surface area (Å²) in [5.41, 5.74) is 4.83. The van der Waals surface area contributed by atoms with Gasteiger partial charge in [0.15, 0.2) is 5.82 Å². The molecule has 3 amide bonds. The minimum Gasteiger partial charge on any atom is -0.364 e. The topological polar surface area (TPSA) is 119 Å². The van der Waals surface area contributed by atoms with Crippen molar-refractivity contribution in [2.45, 2.75) is 44.9 Å². The van der Waals surface area contributed by atoms with E-state index >= 15 is 0 Å². The lowest BCUT2D eigenvalue weighted by Crippen LogP contribution is -2.52. The quantitative estimate of drug-likeness (QED) is 0.559. The zero-order valence-corrected chi connectivity index (χ0v) is 15.9. The minimum atomic E-state index is -0.586. The van der Waals surface area contributed by atoms with Gasteiger partial charge in [0.2, 0.25) is 11.8 Å². The molecule has 1 unspecified atom stereocenters. The van der Waals surface area contributed by atoms with Crippen LogP contribution in [0.4, 0.5) is 5.82 Å². The van der Waals surface area contributed by atoms with Gasteiger partial charge in [-0.15, -0.1) is 0 Å². The second-order valence-corrected chi connectivity index (χ2v) is 7.70. The summed E-state index contributed by atoms with van der Waals surface area (Å²) < 4.78 is 0. The van der Waals surface area contributed by atoms with E-state index in [2.05, 4.69) is 26.1 Å². The minimum absolute atomic E-state index is 0.155. The van der Waals surface area contributed by atoms with Gasteiger partial charge in [0.1, 0.15) is 6.04 Å². The van der Waals surface area contributed by atoms with Gasteiger partial charge in [-0.3, -0.25) is 24.8 Å². The fourth-order valence-corrected chi connectivity index (χ4v) is 4.27. The van der Waals surface area contributed by atoms with Gasteiger partial charge in [0.05, 0.1) is 0 Å². The molecule has 1 atom stereocenters. The lowest BCUT2D eigenvalue weighted by atomic mass is 10.0. The van der Waals surface area contributed by atoms with E-state index in [9.17, 15) is 14.4 Å². The van der Waals surface area contributed by atoms with Crippen LogP contribution >= 0.6 is 0 Å². The molecule has 4 heterocycles. The first-order valence-corrected chi connectivity index (χ1v) is 9.87. The molecule has 1 saturated heterocycles. The van der Waals surface area contributed by atoms with Crippen molar-refractivity contribution in [3.63, 3.8) is 0 Å². The van der Waals surface area contributed by atoms with E-state index in [0.29, 0.717) is 25.1 Å². The fourth-order valence-electron chi connectivity index (χ4n) is 4.27. The Morgan fingerprint density at radius 1 is 1.21 bits per heavy atom. The Morgan fingerprint density at radius 3 is 2.97 bits per heavy atom. The van der Waals surface area contributed by atoms with Crippen LogP contribution in [0.5, 0.6) is 0 Å². The Morgan fingerprint density at radius 2 is 2.10 bits per heavy atom. The predicted molar refractivity (Wildman–Crippen MR) is 104 cm³/mol. The summed E-state index contributed by atoms with van der Waals surface area (Å²) in [5.74, 6) is 0.0163. The first-order valence-electron chi connectivity index (χ1n) is 9.87. The number of hydrogen-bond acceptors (Lipinski definition) is 6. The summed E-state index contributed by atoms with van der Waals surface area (Å²) in [6.07, 6.45) is 1.57. The smallest absolute Gasteiger partial charge is 0.255 e. The molecular weight excluding hydrogens is 372 g/mol. The number of benzene rings is 1. The van der Waals surface area contributed by atoms with Crippen molar-refractivity contribution in [2.24, 2.45) is 0 Å². The molecule has 0 spiro atoms. The normalized spacial score (nSPS) is 21.0. The number of amides is 3. The van der Waals surface area contributed by atoms with E-state index in [1.54, 1.807) is 4.90 Å². The second-order valence-electron chi connectivity index (χ2n) is 7.70. The van der Waals surface area contributed by atoms with Crippen molar-refractivity contribution >= 4 is 23.5 Å². The molecule has 150 valence electrons. The zero-order valence-electron chi connectivity index (χ0n) is 15.9. The van der Waals surface area contributed by atoms with E-state index in [1.165, 1.54) is 0 Å². The lowest BCUT2D eigenvalue weighted by Gasteiger charge is -2.29. The van der Waals surface area contributed by atoms with Crippen LogP contribution in [0.3, 0.4) is 0 Å². The molecule has 2 aromatic rings. The third-order valence-corrected chi connectivity index (χ3v) is 5.86. The van der Waals surface area contributed by atoms with Gasteiger partial charge < -0.3 is 15.5 Å². The van der Waals surface area contributed by atoms with Crippen molar-refractivity contribution in [1.82, 2.24) is 25.7 Å². The average molecular weight is 394 g/mol. The molecule has 0 aliphatic carbocycles. The van der Waals surface area contributed by atoms with Crippen LogP contribution in [-0.4, -0.2) is 45.4 Å². The molecule has 5 rings (SSSR count). The highest BCUT2D eigenvalue weighted by Gasteiger charge is 2.39. The molecule has 1 aromatic carbocycles. The van der Waals surface area contributed by atoms with Crippen LogP contribution in [0.25, 0.3) is 0 Å². The maximum atomic E-state index is 12.9. The first-order chi connectivity index (χ1) is 14.1. The Labute approximate surface area is 167 Å². The Kier molecular flexibility index (Phi) is 4.31. The van der Waals surface area contributed by atoms with Crippen molar-refractivity contribution in [1.29, 1.82) is 0 Å². The number of aromatic amines is 1. The first kappa shape index (κ1) is 17.9. The maximum absolute atomic E-state index is 12.9. The number of aromatic nitrogens is 2. The van der Waals surface area contributed by atoms with Crippen LogP contribution in [0.1, 0.15) is 45.6 Å². The largest absolute Gasteiger partial charge is 0.364 e. The molecule has 3 aliphatic rings. The van der Waals surface area contributed by atoms with E-state index < -0.39 is 6.04 Å². The number of nitrogens with one attached hydrogen (secondary N) is 4. The maximum Gasteiger partial charge on any atom is 0.255 e. The molecule has 29 heavy (non-hydrogen) atoms. The van der Waals surface area contributed by atoms with Gasteiger partial charge in [-0.05, 0) is 23.6 Å². The number of fused-ring (bicyclic) bond motifs is 2. The molecule has 9 nitrogen and oxygen atoms in total. The van der Waals surface area contributed by atoms with Crippen LogP contribution in [0.15, 0.2) is 18.2 Å². The van der Waals surface area contributed by atoms with Gasteiger partial charge in [-0.25, -0.2) is 0 Å². The lowest BCUT2D eigenvalue weighted by molar-refractivity contribution is -0.136. The van der Waals surface area contributed by atoms with Crippen molar-refractivity contribution < 1.29 is 14.4 Å². The highest BCUT2D eigenvalue weighted by Crippen LogP contribution is 2.28. The summed E-state index contributed by atoms with van der Waals surface area (Å²) in [6, 6.07) is 5.23. The third-order valence-electron chi connectivity index (χ3n) is 5.86.